The number of carbonyl (C=O) groups is 1. The molecule has 0 amide bonds. The Morgan fingerprint density at radius 1 is 1.00 bits per heavy atom. The summed E-state index contributed by atoms with van der Waals surface area (Å²) in [6, 6.07) is 10.9. The van der Waals surface area contributed by atoms with E-state index in [4.69, 9.17) is 0 Å². The van der Waals surface area contributed by atoms with Crippen molar-refractivity contribution in [1.29, 1.82) is 0 Å². The molecule has 2 aromatic rings. The normalized spacial score (nSPS) is 8.82. The molecule has 0 saturated carbocycles. The highest BCUT2D eigenvalue weighted by Crippen LogP contribution is 2.08. The molecular weight excluding hydrogens is 278 g/mol. The predicted octanol–water partition coefficient (Wildman–Crippen LogP) is 3.98. The highest BCUT2D eigenvalue weighted by atomic mass is 16.5. The molecule has 0 aliphatic heterocycles. The van der Waals surface area contributed by atoms with Gasteiger partial charge in [0.15, 0.2) is 0 Å². The van der Waals surface area contributed by atoms with Crippen LogP contribution in [0.25, 0.3) is 5.69 Å². The van der Waals surface area contributed by atoms with E-state index in [1.807, 2.05) is 45.9 Å². The number of methoxy groups -OCH3 is 1. The van der Waals surface area contributed by atoms with E-state index >= 15 is 0 Å². The number of pyridine rings is 1. The van der Waals surface area contributed by atoms with E-state index in [9.17, 15) is 9.59 Å². The SMILES string of the molecule is CC.CC.COC(=O)c1c(C)ccn(-c2ccccc2)c1=O. The molecule has 0 bridgehead atoms. The van der Waals surface area contributed by atoms with Gasteiger partial charge in [0.25, 0.3) is 5.56 Å². The Labute approximate surface area is 132 Å². The maximum Gasteiger partial charge on any atom is 0.343 e. The highest BCUT2D eigenvalue weighted by Gasteiger charge is 2.16. The fraction of sp³-hybridized carbons (Fsp3) is 0.333. The van der Waals surface area contributed by atoms with E-state index in [2.05, 4.69) is 4.74 Å². The number of nitrogens with zero attached hydrogens (tertiary/aromatic N) is 1. The Kier molecular flexibility index (Phi) is 9.27. The summed E-state index contributed by atoms with van der Waals surface area (Å²) in [7, 11) is 1.26. The Morgan fingerprint density at radius 2 is 1.55 bits per heavy atom. The van der Waals surface area contributed by atoms with Crippen LogP contribution in [0.4, 0.5) is 0 Å². The lowest BCUT2D eigenvalue weighted by Gasteiger charge is -2.09. The van der Waals surface area contributed by atoms with Gasteiger partial charge in [-0.3, -0.25) is 9.36 Å². The summed E-state index contributed by atoms with van der Waals surface area (Å²) >= 11 is 0. The van der Waals surface area contributed by atoms with Crippen LogP contribution in [0.2, 0.25) is 0 Å². The first-order valence-corrected chi connectivity index (χ1v) is 7.51. The summed E-state index contributed by atoms with van der Waals surface area (Å²) in [5.74, 6) is -0.609. The van der Waals surface area contributed by atoms with Gasteiger partial charge in [-0.25, -0.2) is 4.79 Å². The summed E-state index contributed by atoms with van der Waals surface area (Å²) in [6.07, 6.45) is 1.65. The van der Waals surface area contributed by atoms with E-state index in [0.29, 0.717) is 11.3 Å². The molecule has 0 aliphatic carbocycles. The van der Waals surface area contributed by atoms with Crippen molar-refractivity contribution in [3.8, 4) is 5.69 Å². The van der Waals surface area contributed by atoms with Gasteiger partial charge in [0.1, 0.15) is 5.56 Å². The molecule has 0 spiro atoms. The quantitative estimate of drug-likeness (QED) is 0.788. The third-order valence-electron chi connectivity index (χ3n) is 2.72. The minimum atomic E-state index is -0.609. The summed E-state index contributed by atoms with van der Waals surface area (Å²) in [5, 5.41) is 0. The van der Waals surface area contributed by atoms with Crippen LogP contribution in [-0.4, -0.2) is 17.6 Å². The second-order valence-electron chi connectivity index (χ2n) is 3.88. The molecule has 0 saturated heterocycles. The molecule has 0 atom stereocenters. The molecule has 22 heavy (non-hydrogen) atoms. The molecule has 0 unspecified atom stereocenters. The van der Waals surface area contributed by atoms with E-state index in [-0.39, 0.29) is 11.1 Å². The number of esters is 1. The molecular formula is C18H25NO3. The van der Waals surface area contributed by atoms with Crippen molar-refractivity contribution in [3.05, 3.63) is 64.1 Å². The fourth-order valence-corrected chi connectivity index (χ4v) is 1.77. The van der Waals surface area contributed by atoms with Gasteiger partial charge in [0, 0.05) is 11.9 Å². The lowest BCUT2D eigenvalue weighted by molar-refractivity contribution is 0.0597. The van der Waals surface area contributed by atoms with E-state index in [1.54, 1.807) is 31.3 Å². The Balaban J connectivity index is 0.00000102. The first-order chi connectivity index (χ1) is 10.6. The molecule has 0 fully saturated rings. The molecule has 1 aromatic heterocycles. The van der Waals surface area contributed by atoms with Crippen LogP contribution in [0.5, 0.6) is 0 Å². The third-order valence-corrected chi connectivity index (χ3v) is 2.72. The minimum absolute atomic E-state index is 0.0730. The standard InChI is InChI=1S/C14H13NO3.2C2H6/c1-10-8-9-15(11-6-4-3-5-7-11)13(16)12(10)14(17)18-2;2*1-2/h3-9H,1-2H3;2*1-2H3. The van der Waals surface area contributed by atoms with Gasteiger partial charge in [-0.1, -0.05) is 45.9 Å². The van der Waals surface area contributed by atoms with Crippen molar-refractivity contribution >= 4 is 5.97 Å². The average molecular weight is 303 g/mol. The zero-order chi connectivity index (χ0) is 17.1. The first kappa shape index (κ1) is 19.6. The molecule has 1 heterocycles. The van der Waals surface area contributed by atoms with Gasteiger partial charge in [-0.2, -0.15) is 0 Å². The lowest BCUT2D eigenvalue weighted by atomic mass is 10.1. The van der Waals surface area contributed by atoms with Crippen LogP contribution in [0.15, 0.2) is 47.4 Å². The van der Waals surface area contributed by atoms with Gasteiger partial charge >= 0.3 is 5.97 Å². The third kappa shape index (κ3) is 4.58. The summed E-state index contributed by atoms with van der Waals surface area (Å²) in [4.78, 5) is 23.9. The second kappa shape index (κ2) is 10.4. The molecule has 0 N–H and O–H groups in total. The topological polar surface area (TPSA) is 48.3 Å². The van der Waals surface area contributed by atoms with Gasteiger partial charge in [-0.15, -0.1) is 0 Å². The molecule has 0 radical (unpaired) electrons. The van der Waals surface area contributed by atoms with Gasteiger partial charge in [-0.05, 0) is 30.7 Å². The van der Waals surface area contributed by atoms with Gasteiger partial charge < -0.3 is 4.74 Å². The summed E-state index contributed by atoms with van der Waals surface area (Å²) < 4.78 is 6.07. The molecule has 1 aromatic carbocycles. The van der Waals surface area contributed by atoms with Crippen LogP contribution in [0.1, 0.15) is 43.6 Å². The first-order valence-electron chi connectivity index (χ1n) is 7.51. The van der Waals surface area contributed by atoms with Gasteiger partial charge in [0.2, 0.25) is 0 Å². The fourth-order valence-electron chi connectivity index (χ4n) is 1.77. The van der Waals surface area contributed by atoms with Crippen molar-refractivity contribution in [3.63, 3.8) is 0 Å². The number of carbonyl (C=O) groups excluding carboxylic acids is 1. The number of hydrogen-bond acceptors (Lipinski definition) is 3. The van der Waals surface area contributed by atoms with Crippen molar-refractivity contribution in [2.45, 2.75) is 34.6 Å². The number of hydrogen-bond donors (Lipinski definition) is 0. The van der Waals surface area contributed by atoms with Crippen LogP contribution in [0.3, 0.4) is 0 Å². The number of benzene rings is 1. The van der Waals surface area contributed by atoms with Crippen LogP contribution in [-0.2, 0) is 4.74 Å². The average Bonchev–Trinajstić information content (AvgIpc) is 2.59. The van der Waals surface area contributed by atoms with Crippen LogP contribution >= 0.6 is 0 Å². The Hall–Kier alpha value is -2.36. The Morgan fingerprint density at radius 3 is 2.05 bits per heavy atom. The van der Waals surface area contributed by atoms with Crippen molar-refractivity contribution < 1.29 is 9.53 Å². The summed E-state index contributed by atoms with van der Waals surface area (Å²) in [6.45, 7) is 9.71. The molecule has 120 valence electrons. The smallest absolute Gasteiger partial charge is 0.343 e. The minimum Gasteiger partial charge on any atom is -0.465 e. The summed E-state index contributed by atoms with van der Waals surface area (Å²) in [5.41, 5.74) is 1.03. The predicted molar refractivity (Wildman–Crippen MR) is 90.8 cm³/mol. The zero-order valence-electron chi connectivity index (χ0n) is 14.2. The molecule has 2 rings (SSSR count). The van der Waals surface area contributed by atoms with Crippen LogP contribution < -0.4 is 5.56 Å². The van der Waals surface area contributed by atoms with E-state index in [1.165, 1.54) is 11.7 Å². The maximum atomic E-state index is 12.3. The van der Waals surface area contributed by atoms with E-state index in [0.717, 1.165) is 0 Å². The number of rotatable bonds is 2. The number of ether oxygens (including phenoxy) is 1. The monoisotopic (exact) mass is 303 g/mol. The number of aromatic nitrogens is 1. The Bertz CT molecular complexity index is 631. The van der Waals surface area contributed by atoms with Crippen molar-refractivity contribution in [2.24, 2.45) is 0 Å². The zero-order valence-corrected chi connectivity index (χ0v) is 14.2. The largest absolute Gasteiger partial charge is 0.465 e. The van der Waals surface area contributed by atoms with E-state index < -0.39 is 5.97 Å². The van der Waals surface area contributed by atoms with Gasteiger partial charge in [0.05, 0.1) is 7.11 Å². The van der Waals surface area contributed by atoms with Crippen LogP contribution in [0, 0.1) is 6.92 Å². The molecule has 0 aliphatic rings. The second-order valence-corrected chi connectivity index (χ2v) is 3.88. The molecule has 4 nitrogen and oxygen atoms in total. The number of para-hydroxylation sites is 1. The molecule has 4 heteroatoms. The number of aryl methyl sites for hydroxylation is 1. The maximum absolute atomic E-state index is 12.3. The lowest BCUT2D eigenvalue weighted by Crippen LogP contribution is -2.26. The highest BCUT2D eigenvalue weighted by molar-refractivity contribution is 5.90. The van der Waals surface area contributed by atoms with Crippen molar-refractivity contribution in [2.75, 3.05) is 7.11 Å². The van der Waals surface area contributed by atoms with Crippen molar-refractivity contribution in [1.82, 2.24) is 4.57 Å².